The lowest BCUT2D eigenvalue weighted by Gasteiger charge is -2.25. The van der Waals surface area contributed by atoms with E-state index in [1.54, 1.807) is 6.26 Å². The predicted molar refractivity (Wildman–Crippen MR) is 130 cm³/mol. The lowest BCUT2D eigenvalue weighted by Crippen LogP contribution is -2.54. The van der Waals surface area contributed by atoms with Crippen molar-refractivity contribution in [3.8, 4) is 0 Å². The van der Waals surface area contributed by atoms with Crippen LogP contribution in [-0.4, -0.2) is 35.6 Å². The number of unbranched alkanes of at least 4 members (excludes halogenated alkanes) is 1. The normalized spacial score (nSPS) is 12.7. The summed E-state index contributed by atoms with van der Waals surface area (Å²) in [4.78, 5) is 38.1. The summed E-state index contributed by atoms with van der Waals surface area (Å²) in [7, 11) is 0. The summed E-state index contributed by atoms with van der Waals surface area (Å²) in [5.41, 5.74) is 0.857. The molecular weight excluding hydrogens is 440 g/mol. The summed E-state index contributed by atoms with van der Waals surface area (Å²) in [5, 5.41) is 5.51. The highest BCUT2D eigenvalue weighted by atomic mass is 32.2. The Morgan fingerprint density at radius 3 is 2.45 bits per heavy atom. The van der Waals surface area contributed by atoms with E-state index in [0.717, 1.165) is 24.2 Å². The summed E-state index contributed by atoms with van der Waals surface area (Å²) in [6.07, 6.45) is 3.23. The third-order valence-electron chi connectivity index (χ3n) is 5.06. The third kappa shape index (κ3) is 9.74. The molecule has 2 N–H and O–H groups in total. The zero-order valence-corrected chi connectivity index (χ0v) is 20.4. The molecule has 2 atom stereocenters. The number of furan rings is 1. The highest BCUT2D eigenvalue weighted by Gasteiger charge is 2.29. The predicted octanol–water partition coefficient (Wildman–Crippen LogP) is 4.71. The first-order chi connectivity index (χ1) is 15.9. The van der Waals surface area contributed by atoms with E-state index >= 15 is 0 Å². The van der Waals surface area contributed by atoms with Crippen molar-refractivity contribution in [1.29, 1.82) is 0 Å². The average molecular weight is 475 g/mol. The zero-order valence-electron chi connectivity index (χ0n) is 19.5. The first-order valence-electron chi connectivity index (χ1n) is 11.3. The van der Waals surface area contributed by atoms with Gasteiger partial charge in [-0.25, -0.2) is 4.79 Å². The minimum absolute atomic E-state index is 0.0393. The van der Waals surface area contributed by atoms with E-state index in [4.69, 9.17) is 9.15 Å². The zero-order chi connectivity index (χ0) is 24.1. The molecule has 1 heterocycles. The van der Waals surface area contributed by atoms with Gasteiger partial charge in [0.25, 0.3) is 0 Å². The smallest absolute Gasteiger partial charge is 0.408 e. The minimum Gasteiger partial charge on any atom is -0.468 e. The van der Waals surface area contributed by atoms with Gasteiger partial charge in [0.15, 0.2) is 5.78 Å². The standard InChI is InChI=1S/C25H34N2O5S/c1-4-5-13-21(22(28)17-33-16-20-12-9-14-31-20)26-24(29)23(18(2)3)27-25(30)32-15-19-10-7-6-8-11-19/h6-12,14,18,21,23H,4-5,13,15-17H2,1-3H3,(H,26,29)(H,27,30). The molecule has 0 fully saturated rings. The van der Waals surface area contributed by atoms with E-state index in [9.17, 15) is 14.4 Å². The van der Waals surface area contributed by atoms with Crippen molar-refractivity contribution in [1.82, 2.24) is 10.6 Å². The van der Waals surface area contributed by atoms with Crippen LogP contribution in [0.25, 0.3) is 0 Å². The fourth-order valence-corrected chi connectivity index (χ4v) is 4.03. The molecule has 2 aromatic rings. The molecule has 0 spiro atoms. The van der Waals surface area contributed by atoms with Gasteiger partial charge in [0.2, 0.25) is 5.91 Å². The number of alkyl carbamates (subject to hydrolysis) is 1. The molecule has 0 aliphatic rings. The van der Waals surface area contributed by atoms with Crippen molar-refractivity contribution in [2.45, 2.75) is 64.5 Å². The highest BCUT2D eigenvalue weighted by Crippen LogP contribution is 2.15. The van der Waals surface area contributed by atoms with Crippen molar-refractivity contribution in [2.75, 3.05) is 5.75 Å². The Hall–Kier alpha value is -2.74. The molecule has 2 unspecified atom stereocenters. The largest absolute Gasteiger partial charge is 0.468 e. The maximum atomic E-state index is 13.0. The molecule has 0 aliphatic carbocycles. The fraction of sp³-hybridized carbons (Fsp3) is 0.480. The number of benzene rings is 1. The number of carbonyl (C=O) groups is 3. The first-order valence-corrected chi connectivity index (χ1v) is 12.5. The Kier molecular flexibility index (Phi) is 11.6. The molecule has 1 aromatic carbocycles. The van der Waals surface area contributed by atoms with E-state index in [2.05, 4.69) is 10.6 Å². The van der Waals surface area contributed by atoms with Crippen molar-refractivity contribution < 1.29 is 23.5 Å². The SMILES string of the molecule is CCCCC(NC(=O)C(NC(=O)OCc1ccccc1)C(C)C)C(=O)CSCc1ccco1. The molecule has 180 valence electrons. The van der Waals surface area contributed by atoms with Gasteiger partial charge in [-0.05, 0) is 30.0 Å². The minimum atomic E-state index is -0.805. The van der Waals surface area contributed by atoms with Gasteiger partial charge in [0, 0.05) is 0 Å². The Morgan fingerprint density at radius 2 is 1.82 bits per heavy atom. The van der Waals surface area contributed by atoms with Crippen LogP contribution in [0.4, 0.5) is 4.79 Å². The number of ether oxygens (including phenoxy) is 1. The van der Waals surface area contributed by atoms with Crippen molar-refractivity contribution in [3.63, 3.8) is 0 Å². The number of carbonyl (C=O) groups excluding carboxylic acids is 3. The van der Waals surface area contributed by atoms with Crippen LogP contribution in [-0.2, 0) is 26.7 Å². The third-order valence-corrected chi connectivity index (χ3v) is 6.03. The molecule has 1 aromatic heterocycles. The van der Waals surface area contributed by atoms with E-state index in [0.29, 0.717) is 12.2 Å². The van der Waals surface area contributed by atoms with Crippen LogP contribution >= 0.6 is 11.8 Å². The van der Waals surface area contributed by atoms with Crippen LogP contribution in [0.15, 0.2) is 53.1 Å². The Morgan fingerprint density at radius 1 is 1.06 bits per heavy atom. The van der Waals surface area contributed by atoms with Crippen molar-refractivity contribution in [3.05, 3.63) is 60.1 Å². The van der Waals surface area contributed by atoms with Crippen LogP contribution in [0.2, 0.25) is 0 Å². The summed E-state index contributed by atoms with van der Waals surface area (Å²) in [6.45, 7) is 5.83. The summed E-state index contributed by atoms with van der Waals surface area (Å²) >= 11 is 1.45. The quantitative estimate of drug-likeness (QED) is 0.412. The maximum absolute atomic E-state index is 13.0. The van der Waals surface area contributed by atoms with Crippen molar-refractivity contribution in [2.24, 2.45) is 5.92 Å². The van der Waals surface area contributed by atoms with Gasteiger partial charge in [0.05, 0.1) is 23.8 Å². The van der Waals surface area contributed by atoms with Crippen LogP contribution in [0.5, 0.6) is 0 Å². The van der Waals surface area contributed by atoms with Crippen LogP contribution in [0.1, 0.15) is 51.4 Å². The summed E-state index contributed by atoms with van der Waals surface area (Å²) in [6, 6.07) is 11.6. The van der Waals surface area contributed by atoms with E-state index in [1.807, 2.05) is 63.2 Å². The molecule has 2 rings (SSSR count). The molecule has 2 amide bonds. The molecule has 33 heavy (non-hydrogen) atoms. The second-order valence-corrected chi connectivity index (χ2v) is 9.16. The molecular formula is C25H34N2O5S. The van der Waals surface area contributed by atoms with Crippen LogP contribution in [0, 0.1) is 5.92 Å². The maximum Gasteiger partial charge on any atom is 0.408 e. The number of rotatable bonds is 14. The van der Waals surface area contributed by atoms with Crippen LogP contribution in [0.3, 0.4) is 0 Å². The lowest BCUT2D eigenvalue weighted by molar-refractivity contribution is -0.128. The molecule has 0 saturated heterocycles. The van der Waals surface area contributed by atoms with E-state index in [-0.39, 0.29) is 30.0 Å². The topological polar surface area (TPSA) is 97.6 Å². The lowest BCUT2D eigenvalue weighted by atomic mass is 10.0. The van der Waals surface area contributed by atoms with Crippen LogP contribution < -0.4 is 10.6 Å². The average Bonchev–Trinajstić information content (AvgIpc) is 3.32. The molecule has 0 radical (unpaired) electrons. The van der Waals surface area contributed by atoms with Gasteiger partial charge in [-0.3, -0.25) is 9.59 Å². The number of Topliss-reactive ketones (excluding diaryl/α,β-unsaturated/α-hetero) is 1. The van der Waals surface area contributed by atoms with Gasteiger partial charge < -0.3 is 19.8 Å². The Bertz CT molecular complexity index is 855. The monoisotopic (exact) mass is 474 g/mol. The number of hydrogen-bond acceptors (Lipinski definition) is 6. The highest BCUT2D eigenvalue weighted by molar-refractivity contribution is 7.99. The summed E-state index contributed by atoms with van der Waals surface area (Å²) < 4.78 is 10.5. The second-order valence-electron chi connectivity index (χ2n) is 8.17. The molecule has 0 aliphatic heterocycles. The van der Waals surface area contributed by atoms with Gasteiger partial charge in [0.1, 0.15) is 18.4 Å². The summed E-state index contributed by atoms with van der Waals surface area (Å²) in [5.74, 6) is 1.07. The van der Waals surface area contributed by atoms with Gasteiger partial charge in [-0.1, -0.05) is 63.9 Å². The van der Waals surface area contributed by atoms with E-state index in [1.165, 1.54) is 11.8 Å². The van der Waals surface area contributed by atoms with E-state index < -0.39 is 18.2 Å². The second kappa shape index (κ2) is 14.4. The van der Waals surface area contributed by atoms with Gasteiger partial charge in [-0.15, -0.1) is 11.8 Å². The first kappa shape index (κ1) is 26.5. The number of ketones is 1. The number of amides is 2. The Balaban J connectivity index is 1.90. The molecule has 0 bridgehead atoms. The van der Waals surface area contributed by atoms with Crippen molar-refractivity contribution >= 4 is 29.5 Å². The van der Waals surface area contributed by atoms with Gasteiger partial charge in [-0.2, -0.15) is 0 Å². The number of nitrogens with one attached hydrogen (secondary N) is 2. The molecule has 7 nitrogen and oxygen atoms in total. The van der Waals surface area contributed by atoms with Gasteiger partial charge >= 0.3 is 6.09 Å². The Labute approximate surface area is 200 Å². The molecule has 0 saturated carbocycles. The number of hydrogen-bond donors (Lipinski definition) is 2. The molecule has 8 heteroatoms. The number of thioether (sulfide) groups is 1. The fourth-order valence-electron chi connectivity index (χ4n) is 3.16.